The van der Waals surface area contributed by atoms with Crippen molar-refractivity contribution in [2.75, 3.05) is 6.61 Å². The number of hydrogen-bond acceptors (Lipinski definition) is 3. The van der Waals surface area contributed by atoms with Gasteiger partial charge >= 0.3 is 0 Å². The molecule has 0 heterocycles. The zero-order valence-electron chi connectivity index (χ0n) is 4.50. The molecule has 0 N–H and O–H groups in total. The van der Waals surface area contributed by atoms with E-state index in [1.54, 1.807) is 6.19 Å². The van der Waals surface area contributed by atoms with Crippen LogP contribution in [0.15, 0.2) is 4.99 Å². The van der Waals surface area contributed by atoms with Gasteiger partial charge in [-0.1, -0.05) is 0 Å². The Morgan fingerprint density at radius 3 is 2.88 bits per heavy atom. The summed E-state index contributed by atoms with van der Waals surface area (Å²) in [6.07, 6.45) is 2.67. The smallest absolute Gasteiger partial charge is 0.208 e. The van der Waals surface area contributed by atoms with Crippen LogP contribution in [-0.2, 0) is 4.74 Å². The van der Waals surface area contributed by atoms with Gasteiger partial charge in [-0.2, -0.15) is 5.26 Å². The maximum absolute atomic E-state index is 7.76. The Balaban J connectivity index is 0. The van der Waals surface area contributed by atoms with E-state index in [2.05, 4.69) is 9.73 Å². The average molecular weight is 135 g/mol. The molecule has 0 fully saturated rings. The van der Waals surface area contributed by atoms with E-state index in [1.165, 1.54) is 0 Å². The lowest BCUT2D eigenvalue weighted by Crippen LogP contribution is -1.82. The Labute approximate surface area is 54.4 Å². The average Bonchev–Trinajstić information content (AvgIpc) is 1.69. The van der Waals surface area contributed by atoms with Crippen LogP contribution in [0.4, 0.5) is 0 Å². The van der Waals surface area contributed by atoms with Crippen LogP contribution in [0.1, 0.15) is 6.92 Å². The van der Waals surface area contributed by atoms with Gasteiger partial charge in [0.05, 0.1) is 6.61 Å². The minimum absolute atomic E-state index is 0. The summed E-state index contributed by atoms with van der Waals surface area (Å²) in [5, 5.41) is 7.76. The van der Waals surface area contributed by atoms with Gasteiger partial charge in [-0.05, 0) is 6.92 Å². The fraction of sp³-hybridized carbons (Fsp3) is 0.500. The molecule has 0 aromatic rings. The van der Waals surface area contributed by atoms with Crippen molar-refractivity contribution in [1.29, 1.82) is 5.26 Å². The highest BCUT2D eigenvalue weighted by molar-refractivity contribution is 5.85. The first-order valence-electron chi connectivity index (χ1n) is 1.94. The Morgan fingerprint density at radius 2 is 2.50 bits per heavy atom. The number of rotatable bonds is 2. The number of aliphatic imine (C=N–C) groups is 1. The lowest BCUT2D eigenvalue weighted by Gasteiger charge is -1.84. The number of halogens is 1. The van der Waals surface area contributed by atoms with Crippen LogP contribution in [-0.4, -0.2) is 13.0 Å². The summed E-state index contributed by atoms with van der Waals surface area (Å²) in [6, 6.07) is 0. The molecule has 8 heavy (non-hydrogen) atoms. The summed E-state index contributed by atoms with van der Waals surface area (Å²) in [5.74, 6) is 0. The fourth-order valence-electron chi connectivity index (χ4n) is 0.135. The fourth-order valence-corrected chi connectivity index (χ4v) is 0.135. The quantitative estimate of drug-likeness (QED) is 0.321. The zero-order valence-corrected chi connectivity index (χ0v) is 5.31. The van der Waals surface area contributed by atoms with E-state index in [0.29, 0.717) is 6.61 Å². The second-order valence-electron chi connectivity index (χ2n) is 0.790. The van der Waals surface area contributed by atoms with Crippen LogP contribution >= 0.6 is 12.4 Å². The molecule has 46 valence electrons. The predicted octanol–water partition coefficient (Wildman–Crippen LogP) is 0.954. The van der Waals surface area contributed by atoms with Crippen LogP contribution in [0.5, 0.6) is 0 Å². The van der Waals surface area contributed by atoms with Crippen molar-refractivity contribution in [2.24, 2.45) is 4.99 Å². The number of hydrogen-bond donors (Lipinski definition) is 0. The summed E-state index contributed by atoms with van der Waals surface area (Å²) in [5.41, 5.74) is 0. The molecule has 0 saturated carbocycles. The molecular weight excluding hydrogens is 128 g/mol. The molecule has 0 aliphatic heterocycles. The summed E-state index contributed by atoms with van der Waals surface area (Å²) >= 11 is 0. The topological polar surface area (TPSA) is 45.4 Å². The molecule has 0 unspecified atom stereocenters. The van der Waals surface area contributed by atoms with Crippen LogP contribution in [0.2, 0.25) is 0 Å². The zero-order chi connectivity index (χ0) is 5.54. The van der Waals surface area contributed by atoms with Crippen molar-refractivity contribution in [1.82, 2.24) is 0 Å². The largest absolute Gasteiger partial charge is 0.483 e. The SMILES string of the molecule is CCO/C=N\C#N.Cl. The van der Waals surface area contributed by atoms with Gasteiger partial charge in [0.2, 0.25) is 6.19 Å². The second kappa shape index (κ2) is 9.54. The van der Waals surface area contributed by atoms with Gasteiger partial charge in [-0.15, -0.1) is 17.4 Å². The van der Waals surface area contributed by atoms with Gasteiger partial charge in [-0.3, -0.25) is 0 Å². The lowest BCUT2D eigenvalue weighted by molar-refractivity contribution is 0.344. The molecule has 0 bridgehead atoms. The number of nitrogens with zero attached hydrogens (tertiary/aromatic N) is 2. The highest BCUT2D eigenvalue weighted by Crippen LogP contribution is 1.63. The minimum atomic E-state index is 0. The monoisotopic (exact) mass is 134 g/mol. The molecule has 0 saturated heterocycles. The van der Waals surface area contributed by atoms with Gasteiger partial charge in [0, 0.05) is 0 Å². The van der Waals surface area contributed by atoms with Crippen molar-refractivity contribution >= 4 is 18.8 Å². The summed E-state index contributed by atoms with van der Waals surface area (Å²) in [6.45, 7) is 2.38. The van der Waals surface area contributed by atoms with Crippen molar-refractivity contribution in [2.45, 2.75) is 6.92 Å². The van der Waals surface area contributed by atoms with E-state index in [9.17, 15) is 0 Å². The van der Waals surface area contributed by atoms with Crippen LogP contribution in [0.25, 0.3) is 0 Å². The van der Waals surface area contributed by atoms with Gasteiger partial charge in [0.1, 0.15) is 0 Å². The van der Waals surface area contributed by atoms with Crippen molar-refractivity contribution in [3.63, 3.8) is 0 Å². The van der Waals surface area contributed by atoms with E-state index in [4.69, 9.17) is 5.26 Å². The van der Waals surface area contributed by atoms with E-state index in [1.807, 2.05) is 6.92 Å². The van der Waals surface area contributed by atoms with Gasteiger partial charge in [-0.25, -0.2) is 0 Å². The highest BCUT2D eigenvalue weighted by Gasteiger charge is 1.64. The molecule has 4 heteroatoms. The van der Waals surface area contributed by atoms with E-state index in [0.717, 1.165) is 6.40 Å². The number of nitriles is 1. The van der Waals surface area contributed by atoms with E-state index in [-0.39, 0.29) is 12.4 Å². The highest BCUT2D eigenvalue weighted by atomic mass is 35.5. The van der Waals surface area contributed by atoms with E-state index >= 15 is 0 Å². The minimum Gasteiger partial charge on any atom is -0.483 e. The molecule has 0 radical (unpaired) electrons. The molecule has 0 aromatic heterocycles. The molecule has 0 aliphatic rings. The Bertz CT molecular complexity index is 96.7. The second-order valence-corrected chi connectivity index (χ2v) is 0.790. The molecule has 0 aliphatic carbocycles. The normalized spacial score (nSPS) is 7.50. The van der Waals surface area contributed by atoms with Crippen molar-refractivity contribution < 1.29 is 4.74 Å². The van der Waals surface area contributed by atoms with Gasteiger partial charge in [0.15, 0.2) is 6.40 Å². The molecule has 0 amide bonds. The first kappa shape index (κ1) is 10.3. The van der Waals surface area contributed by atoms with Crippen molar-refractivity contribution in [3.8, 4) is 6.19 Å². The van der Waals surface area contributed by atoms with Gasteiger partial charge in [0.25, 0.3) is 0 Å². The summed E-state index contributed by atoms with van der Waals surface area (Å²) < 4.78 is 4.56. The summed E-state index contributed by atoms with van der Waals surface area (Å²) in [4.78, 5) is 3.12. The molecule has 0 atom stereocenters. The standard InChI is InChI=1S/C4H6N2O.ClH/c1-2-7-4-6-3-5;/h4H,2H2,1H3;1H/b6-4-;. The van der Waals surface area contributed by atoms with Crippen molar-refractivity contribution in [3.05, 3.63) is 0 Å². The number of ether oxygens (including phenoxy) is 1. The lowest BCUT2D eigenvalue weighted by atomic mass is 10.9. The molecule has 0 rings (SSSR count). The Morgan fingerprint density at radius 1 is 1.88 bits per heavy atom. The summed E-state index contributed by atoms with van der Waals surface area (Å²) in [7, 11) is 0. The van der Waals surface area contributed by atoms with Crippen LogP contribution in [0.3, 0.4) is 0 Å². The maximum atomic E-state index is 7.76. The molecule has 0 aromatic carbocycles. The molecule has 3 nitrogen and oxygen atoms in total. The van der Waals surface area contributed by atoms with Crippen LogP contribution < -0.4 is 0 Å². The van der Waals surface area contributed by atoms with Crippen LogP contribution in [0, 0.1) is 11.5 Å². The third-order valence-corrected chi connectivity index (χ3v) is 0.352. The maximum Gasteiger partial charge on any atom is 0.208 e. The van der Waals surface area contributed by atoms with Gasteiger partial charge < -0.3 is 4.74 Å². The van der Waals surface area contributed by atoms with E-state index < -0.39 is 0 Å². The third-order valence-electron chi connectivity index (χ3n) is 0.352. The predicted molar refractivity (Wildman–Crippen MR) is 33.0 cm³/mol. The first-order valence-corrected chi connectivity index (χ1v) is 1.94. The first-order chi connectivity index (χ1) is 3.41. The Kier molecular flexibility index (Phi) is 12.2. The molecular formula is C4H7ClN2O. The Hall–Kier alpha value is -0.750. The molecule has 0 spiro atoms. The third kappa shape index (κ3) is 8.98.